The first-order chi connectivity index (χ1) is 13.3. The average molecular weight is 401 g/mol. The monoisotopic (exact) mass is 401 g/mol. The van der Waals surface area contributed by atoms with Crippen LogP contribution in [-0.2, 0) is 10.0 Å². The lowest BCUT2D eigenvalue weighted by molar-refractivity contribution is 0.208. The minimum atomic E-state index is -3.75. The van der Waals surface area contributed by atoms with Crippen LogP contribution in [0, 0.1) is 0 Å². The number of sulfonamides is 1. The minimum absolute atomic E-state index is 0.0261. The van der Waals surface area contributed by atoms with Crippen LogP contribution in [0.4, 0.5) is 10.5 Å². The highest BCUT2D eigenvalue weighted by Gasteiger charge is 2.18. The van der Waals surface area contributed by atoms with Crippen LogP contribution in [0.2, 0.25) is 0 Å². The van der Waals surface area contributed by atoms with Gasteiger partial charge >= 0.3 is 6.03 Å². The number of hydrogen-bond donors (Lipinski definition) is 2. The normalized spacial score (nSPS) is 12.4. The predicted octanol–water partition coefficient (Wildman–Crippen LogP) is 1.53. The molecule has 0 saturated heterocycles. The van der Waals surface area contributed by atoms with E-state index >= 15 is 0 Å². The quantitative estimate of drug-likeness (QED) is 0.665. The van der Waals surface area contributed by atoms with Crippen molar-refractivity contribution in [2.24, 2.45) is 5.14 Å². The third-order valence-electron chi connectivity index (χ3n) is 4.32. The molecule has 0 aliphatic carbocycles. The van der Waals surface area contributed by atoms with Crippen molar-refractivity contribution >= 4 is 21.7 Å². The zero-order valence-corrected chi connectivity index (χ0v) is 16.0. The largest absolute Gasteiger partial charge is 0.322 e. The third-order valence-corrected chi connectivity index (χ3v) is 5.25. The highest BCUT2D eigenvalue weighted by molar-refractivity contribution is 7.89. The van der Waals surface area contributed by atoms with Crippen molar-refractivity contribution in [3.8, 4) is 5.69 Å². The highest BCUT2D eigenvalue weighted by atomic mass is 32.2. The predicted molar refractivity (Wildman–Crippen MR) is 102 cm³/mol. The Morgan fingerprint density at radius 3 is 2.32 bits per heavy atom. The van der Waals surface area contributed by atoms with Crippen molar-refractivity contribution in [3.63, 3.8) is 0 Å². The second-order valence-corrected chi connectivity index (χ2v) is 7.69. The Morgan fingerprint density at radius 2 is 1.79 bits per heavy atom. The van der Waals surface area contributed by atoms with Gasteiger partial charge in [0.1, 0.15) is 6.33 Å². The molecule has 2 amide bonds. The summed E-state index contributed by atoms with van der Waals surface area (Å²) in [7, 11) is -2.09. The first-order valence-electron chi connectivity index (χ1n) is 8.26. The SMILES string of the molecule is CC(c1ccc(S(N)(=O)=O)cc1)N(C)C(=O)Nc1ccc(-n2cnnn2)cc1. The Morgan fingerprint density at radius 1 is 1.14 bits per heavy atom. The van der Waals surface area contributed by atoms with Crippen LogP contribution in [0.25, 0.3) is 5.69 Å². The van der Waals surface area contributed by atoms with Crippen molar-refractivity contribution in [1.29, 1.82) is 0 Å². The Kier molecular flexibility index (Phi) is 5.38. The number of rotatable bonds is 5. The summed E-state index contributed by atoms with van der Waals surface area (Å²) in [6, 6.07) is 12.6. The Balaban J connectivity index is 1.66. The molecule has 0 spiro atoms. The van der Waals surface area contributed by atoms with Gasteiger partial charge in [0.25, 0.3) is 0 Å². The number of tetrazole rings is 1. The zero-order valence-electron chi connectivity index (χ0n) is 15.2. The first-order valence-corrected chi connectivity index (χ1v) is 9.80. The molecule has 1 heterocycles. The molecular weight excluding hydrogens is 382 g/mol. The molecule has 3 aromatic rings. The van der Waals surface area contributed by atoms with Crippen LogP contribution >= 0.6 is 0 Å². The van der Waals surface area contributed by atoms with Crippen LogP contribution in [0.5, 0.6) is 0 Å². The van der Waals surface area contributed by atoms with Crippen LogP contribution in [0.3, 0.4) is 0 Å². The number of nitrogens with two attached hydrogens (primary N) is 1. The van der Waals surface area contributed by atoms with E-state index in [1.54, 1.807) is 43.4 Å². The van der Waals surface area contributed by atoms with Gasteiger partial charge in [-0.1, -0.05) is 12.1 Å². The van der Waals surface area contributed by atoms with E-state index in [-0.39, 0.29) is 17.0 Å². The number of amides is 2. The van der Waals surface area contributed by atoms with Gasteiger partial charge in [-0.25, -0.2) is 23.0 Å². The Labute approximate surface area is 162 Å². The summed E-state index contributed by atoms with van der Waals surface area (Å²) < 4.78 is 24.2. The summed E-state index contributed by atoms with van der Waals surface area (Å²) in [6.07, 6.45) is 1.48. The maximum atomic E-state index is 12.5. The molecule has 3 N–H and O–H groups in total. The van der Waals surface area contributed by atoms with E-state index in [0.717, 1.165) is 11.3 Å². The lowest BCUT2D eigenvalue weighted by Crippen LogP contribution is -2.33. The van der Waals surface area contributed by atoms with Crippen molar-refractivity contribution in [2.45, 2.75) is 17.9 Å². The second-order valence-electron chi connectivity index (χ2n) is 6.13. The first kappa shape index (κ1) is 19.5. The molecule has 146 valence electrons. The van der Waals surface area contributed by atoms with Crippen molar-refractivity contribution < 1.29 is 13.2 Å². The molecule has 0 radical (unpaired) electrons. The fraction of sp³-hybridized carbons (Fsp3) is 0.176. The molecule has 28 heavy (non-hydrogen) atoms. The van der Waals surface area contributed by atoms with Crippen LogP contribution in [0.15, 0.2) is 59.8 Å². The molecule has 10 nitrogen and oxygen atoms in total. The van der Waals surface area contributed by atoms with E-state index in [4.69, 9.17) is 5.14 Å². The van der Waals surface area contributed by atoms with E-state index in [1.807, 2.05) is 6.92 Å². The number of anilines is 1. The molecule has 0 aliphatic rings. The number of nitrogens with one attached hydrogen (secondary N) is 1. The summed E-state index contributed by atoms with van der Waals surface area (Å²) in [5.41, 5.74) is 2.16. The van der Waals surface area contributed by atoms with Crippen molar-refractivity contribution in [1.82, 2.24) is 25.1 Å². The standard InChI is InChI=1S/C17H19N7O3S/c1-12(13-3-9-16(10-4-13)28(18,26)27)23(2)17(25)20-14-5-7-15(8-6-14)24-11-19-21-22-24/h3-12H,1-2H3,(H,20,25)(H2,18,26,27). The van der Waals surface area contributed by atoms with Gasteiger partial charge in [0, 0.05) is 12.7 Å². The maximum Gasteiger partial charge on any atom is 0.322 e. The van der Waals surface area contributed by atoms with E-state index in [0.29, 0.717) is 5.69 Å². The van der Waals surface area contributed by atoms with Gasteiger partial charge in [-0.15, -0.1) is 5.10 Å². The summed E-state index contributed by atoms with van der Waals surface area (Å²) in [6.45, 7) is 1.84. The number of aromatic nitrogens is 4. The van der Waals surface area contributed by atoms with E-state index in [1.165, 1.54) is 28.0 Å². The molecule has 2 aromatic carbocycles. The Hall–Kier alpha value is -3.31. The van der Waals surface area contributed by atoms with E-state index < -0.39 is 10.0 Å². The molecule has 1 atom stereocenters. The highest BCUT2D eigenvalue weighted by Crippen LogP contribution is 2.21. The minimum Gasteiger partial charge on any atom is -0.321 e. The molecule has 0 bridgehead atoms. The van der Waals surface area contributed by atoms with Gasteiger partial charge in [-0.2, -0.15) is 0 Å². The van der Waals surface area contributed by atoms with Crippen LogP contribution in [-0.4, -0.2) is 46.6 Å². The molecule has 0 aliphatic heterocycles. The number of carbonyl (C=O) groups excluding carboxylic acids is 1. The van der Waals surface area contributed by atoms with Gasteiger partial charge in [-0.05, 0) is 59.3 Å². The maximum absolute atomic E-state index is 12.5. The fourth-order valence-electron chi connectivity index (χ4n) is 2.52. The van der Waals surface area contributed by atoms with Crippen molar-refractivity contribution in [2.75, 3.05) is 12.4 Å². The number of benzene rings is 2. The van der Waals surface area contributed by atoms with Crippen LogP contribution < -0.4 is 10.5 Å². The number of nitrogens with zero attached hydrogens (tertiary/aromatic N) is 5. The van der Waals surface area contributed by atoms with Gasteiger partial charge < -0.3 is 10.2 Å². The Bertz CT molecular complexity index is 1050. The molecule has 3 rings (SSSR count). The smallest absolute Gasteiger partial charge is 0.321 e. The lowest BCUT2D eigenvalue weighted by atomic mass is 10.1. The number of primary sulfonamides is 1. The lowest BCUT2D eigenvalue weighted by Gasteiger charge is -2.25. The number of carbonyl (C=O) groups is 1. The molecular formula is C17H19N7O3S. The summed E-state index contributed by atoms with van der Waals surface area (Å²) in [4.78, 5) is 14.1. The van der Waals surface area contributed by atoms with Crippen LogP contribution in [0.1, 0.15) is 18.5 Å². The topological polar surface area (TPSA) is 136 Å². The summed E-state index contributed by atoms with van der Waals surface area (Å²) >= 11 is 0. The molecule has 1 aromatic heterocycles. The summed E-state index contributed by atoms with van der Waals surface area (Å²) in [5, 5.41) is 18.9. The summed E-state index contributed by atoms with van der Waals surface area (Å²) in [5.74, 6) is 0. The van der Waals surface area contributed by atoms with Gasteiger partial charge in [-0.3, -0.25) is 0 Å². The average Bonchev–Trinajstić information content (AvgIpc) is 3.21. The van der Waals surface area contributed by atoms with Gasteiger partial charge in [0.05, 0.1) is 16.6 Å². The number of urea groups is 1. The number of hydrogen-bond acceptors (Lipinski definition) is 6. The molecule has 0 saturated carbocycles. The molecule has 1 unspecified atom stereocenters. The van der Waals surface area contributed by atoms with E-state index in [9.17, 15) is 13.2 Å². The molecule has 0 fully saturated rings. The van der Waals surface area contributed by atoms with Gasteiger partial charge in [0.2, 0.25) is 10.0 Å². The van der Waals surface area contributed by atoms with E-state index in [2.05, 4.69) is 20.8 Å². The van der Waals surface area contributed by atoms with Crippen molar-refractivity contribution in [3.05, 3.63) is 60.4 Å². The third kappa shape index (κ3) is 4.32. The second kappa shape index (κ2) is 7.74. The van der Waals surface area contributed by atoms with Gasteiger partial charge in [0.15, 0.2) is 0 Å². The zero-order chi connectivity index (χ0) is 20.3. The fourth-order valence-corrected chi connectivity index (χ4v) is 3.04. The molecule has 11 heteroatoms.